The number of aromatic hydroxyl groups is 1. The minimum Gasteiger partial charge on any atom is -0.504 e. The van der Waals surface area contributed by atoms with E-state index in [9.17, 15) is 9.18 Å². The normalized spacial score (nSPS) is 11.5. The average molecular weight is 213 g/mol. The van der Waals surface area contributed by atoms with E-state index in [0.717, 1.165) is 6.07 Å². The van der Waals surface area contributed by atoms with Crippen LogP contribution in [-0.2, 0) is 5.54 Å². The zero-order valence-corrected chi connectivity index (χ0v) is 8.41. The van der Waals surface area contributed by atoms with E-state index < -0.39 is 28.6 Å². The molecule has 1 aromatic rings. The van der Waals surface area contributed by atoms with Crippen LogP contribution in [0.1, 0.15) is 29.8 Å². The summed E-state index contributed by atoms with van der Waals surface area (Å²) in [5, 5.41) is 17.9. The third-order valence-electron chi connectivity index (χ3n) is 2.04. The molecule has 4 nitrogen and oxygen atoms in total. The molecule has 4 N–H and O–H groups in total. The second-order valence-corrected chi connectivity index (χ2v) is 3.88. The predicted molar refractivity (Wildman–Crippen MR) is 52.2 cm³/mol. The van der Waals surface area contributed by atoms with Gasteiger partial charge in [0.1, 0.15) is 5.56 Å². The number of rotatable bonds is 2. The Morgan fingerprint density at radius 2 is 2.00 bits per heavy atom. The van der Waals surface area contributed by atoms with E-state index in [1.54, 1.807) is 13.8 Å². The summed E-state index contributed by atoms with van der Waals surface area (Å²) in [7, 11) is 0. The van der Waals surface area contributed by atoms with Crippen LogP contribution in [0.4, 0.5) is 4.39 Å². The van der Waals surface area contributed by atoms with Gasteiger partial charge in [-0.25, -0.2) is 9.18 Å². The predicted octanol–water partition coefficient (Wildman–Crippen LogP) is 1.42. The molecule has 0 atom stereocenters. The molecule has 0 amide bonds. The van der Waals surface area contributed by atoms with Crippen LogP contribution >= 0.6 is 0 Å². The number of carboxylic acids is 1. The molecular weight excluding hydrogens is 201 g/mol. The van der Waals surface area contributed by atoms with Gasteiger partial charge in [0.05, 0.1) is 0 Å². The van der Waals surface area contributed by atoms with Gasteiger partial charge in [0.2, 0.25) is 0 Å². The van der Waals surface area contributed by atoms with Crippen molar-refractivity contribution in [1.29, 1.82) is 0 Å². The largest absolute Gasteiger partial charge is 0.504 e. The van der Waals surface area contributed by atoms with Gasteiger partial charge in [0, 0.05) is 5.54 Å². The van der Waals surface area contributed by atoms with Crippen LogP contribution < -0.4 is 5.73 Å². The zero-order valence-electron chi connectivity index (χ0n) is 8.41. The number of phenols is 1. The number of halogens is 1. The molecule has 82 valence electrons. The fourth-order valence-electron chi connectivity index (χ4n) is 1.13. The maximum atomic E-state index is 13.2. The Morgan fingerprint density at radius 3 is 2.40 bits per heavy atom. The molecule has 0 unspecified atom stereocenters. The van der Waals surface area contributed by atoms with E-state index in [1.807, 2.05) is 0 Å². The Balaban J connectivity index is 3.43. The first-order valence-electron chi connectivity index (χ1n) is 4.28. The van der Waals surface area contributed by atoms with Gasteiger partial charge in [-0.05, 0) is 31.5 Å². The van der Waals surface area contributed by atoms with Crippen molar-refractivity contribution in [3.8, 4) is 5.75 Å². The molecule has 0 bridgehead atoms. The van der Waals surface area contributed by atoms with Crippen LogP contribution in [-0.4, -0.2) is 16.2 Å². The first-order valence-corrected chi connectivity index (χ1v) is 4.28. The summed E-state index contributed by atoms with van der Waals surface area (Å²) in [6, 6.07) is 2.20. The molecule has 0 saturated carbocycles. The van der Waals surface area contributed by atoms with Crippen LogP contribution in [0.5, 0.6) is 5.75 Å². The highest BCUT2D eigenvalue weighted by Gasteiger charge is 2.21. The molecule has 1 rings (SSSR count). The third-order valence-corrected chi connectivity index (χ3v) is 2.04. The van der Waals surface area contributed by atoms with Gasteiger partial charge >= 0.3 is 5.97 Å². The Hall–Kier alpha value is -1.62. The van der Waals surface area contributed by atoms with E-state index in [1.165, 1.54) is 6.07 Å². The second kappa shape index (κ2) is 3.51. The molecule has 15 heavy (non-hydrogen) atoms. The Morgan fingerprint density at radius 1 is 1.47 bits per heavy atom. The van der Waals surface area contributed by atoms with Crippen LogP contribution in [0.3, 0.4) is 0 Å². The van der Waals surface area contributed by atoms with Crippen molar-refractivity contribution in [1.82, 2.24) is 0 Å². The van der Waals surface area contributed by atoms with Gasteiger partial charge in [-0.15, -0.1) is 0 Å². The maximum Gasteiger partial charge on any atom is 0.339 e. The molecule has 0 heterocycles. The first-order chi connectivity index (χ1) is 6.73. The lowest BCUT2D eigenvalue weighted by atomic mass is 9.93. The van der Waals surface area contributed by atoms with Gasteiger partial charge in [-0.2, -0.15) is 0 Å². The van der Waals surface area contributed by atoms with Gasteiger partial charge in [0.15, 0.2) is 11.6 Å². The van der Waals surface area contributed by atoms with Crippen LogP contribution in [0.25, 0.3) is 0 Å². The molecule has 0 aromatic heterocycles. The standard InChI is InChI=1S/C10H12FNO3/c1-10(2,12)5-3-6(9(14)15)8(13)7(11)4-5/h3-4,13H,12H2,1-2H3,(H,14,15). The quantitative estimate of drug-likeness (QED) is 0.693. The van der Waals surface area contributed by atoms with E-state index in [2.05, 4.69) is 0 Å². The van der Waals surface area contributed by atoms with Crippen LogP contribution in [0.2, 0.25) is 0 Å². The van der Waals surface area contributed by atoms with Crippen molar-refractivity contribution in [2.24, 2.45) is 5.73 Å². The molecular formula is C10H12FNO3. The molecule has 0 radical (unpaired) electrons. The number of benzene rings is 1. The van der Waals surface area contributed by atoms with Crippen molar-refractivity contribution < 1.29 is 19.4 Å². The lowest BCUT2D eigenvalue weighted by Crippen LogP contribution is -2.29. The number of aromatic carboxylic acids is 1. The Bertz CT molecular complexity index is 410. The number of hydrogen-bond donors (Lipinski definition) is 3. The highest BCUT2D eigenvalue weighted by atomic mass is 19.1. The highest BCUT2D eigenvalue weighted by Crippen LogP contribution is 2.27. The molecule has 5 heteroatoms. The van der Waals surface area contributed by atoms with Crippen molar-refractivity contribution in [3.05, 3.63) is 29.1 Å². The van der Waals surface area contributed by atoms with E-state index in [-0.39, 0.29) is 0 Å². The van der Waals surface area contributed by atoms with Crippen molar-refractivity contribution in [2.75, 3.05) is 0 Å². The maximum absolute atomic E-state index is 13.2. The Labute approximate surface area is 86.1 Å². The fourth-order valence-corrected chi connectivity index (χ4v) is 1.13. The van der Waals surface area contributed by atoms with E-state index >= 15 is 0 Å². The van der Waals surface area contributed by atoms with Crippen molar-refractivity contribution in [3.63, 3.8) is 0 Å². The Kier molecular flexibility index (Phi) is 2.68. The molecule has 0 spiro atoms. The lowest BCUT2D eigenvalue weighted by Gasteiger charge is -2.20. The van der Waals surface area contributed by atoms with Gasteiger partial charge in [0.25, 0.3) is 0 Å². The number of hydrogen-bond acceptors (Lipinski definition) is 3. The van der Waals surface area contributed by atoms with Gasteiger partial charge in [-0.3, -0.25) is 0 Å². The molecule has 0 aliphatic rings. The first kappa shape index (κ1) is 11.5. The van der Waals surface area contributed by atoms with Gasteiger partial charge < -0.3 is 15.9 Å². The summed E-state index contributed by atoms with van der Waals surface area (Å²) >= 11 is 0. The number of carbonyl (C=O) groups is 1. The highest BCUT2D eigenvalue weighted by molar-refractivity contribution is 5.91. The summed E-state index contributed by atoms with van der Waals surface area (Å²) in [5.74, 6) is -3.24. The topological polar surface area (TPSA) is 83.5 Å². The fraction of sp³-hybridized carbons (Fsp3) is 0.300. The van der Waals surface area contributed by atoms with Gasteiger partial charge in [-0.1, -0.05) is 0 Å². The molecule has 0 saturated heterocycles. The van der Waals surface area contributed by atoms with Crippen LogP contribution in [0, 0.1) is 5.82 Å². The third kappa shape index (κ3) is 2.24. The van der Waals surface area contributed by atoms with E-state index in [0.29, 0.717) is 5.56 Å². The summed E-state index contributed by atoms with van der Waals surface area (Å²) < 4.78 is 13.2. The minimum absolute atomic E-state index is 0.315. The second-order valence-electron chi connectivity index (χ2n) is 3.88. The van der Waals surface area contributed by atoms with E-state index in [4.69, 9.17) is 15.9 Å². The summed E-state index contributed by atoms with van der Waals surface area (Å²) in [6.45, 7) is 3.23. The minimum atomic E-state index is -1.39. The summed E-state index contributed by atoms with van der Waals surface area (Å²) in [6.07, 6.45) is 0. The molecule has 1 aromatic carbocycles. The summed E-state index contributed by atoms with van der Waals surface area (Å²) in [5.41, 5.74) is 4.67. The molecule has 0 aliphatic heterocycles. The zero-order chi connectivity index (χ0) is 11.8. The van der Waals surface area contributed by atoms with Crippen molar-refractivity contribution >= 4 is 5.97 Å². The van der Waals surface area contributed by atoms with Crippen LogP contribution in [0.15, 0.2) is 12.1 Å². The summed E-state index contributed by atoms with van der Waals surface area (Å²) in [4.78, 5) is 10.7. The lowest BCUT2D eigenvalue weighted by molar-refractivity contribution is 0.0692. The smallest absolute Gasteiger partial charge is 0.339 e. The monoisotopic (exact) mass is 213 g/mol. The number of nitrogens with two attached hydrogens (primary N) is 1. The van der Waals surface area contributed by atoms with Crippen molar-refractivity contribution in [2.45, 2.75) is 19.4 Å². The average Bonchev–Trinajstić information content (AvgIpc) is 2.06. The number of carboxylic acid groups (broad SMARTS) is 1. The molecule has 0 aliphatic carbocycles. The molecule has 0 fully saturated rings. The SMILES string of the molecule is CC(C)(N)c1cc(F)c(O)c(C(=O)O)c1.